The second kappa shape index (κ2) is 8.06. The molecule has 2 rings (SSSR count). The molecule has 0 amide bonds. The Kier molecular flexibility index (Phi) is 6.09. The van der Waals surface area contributed by atoms with E-state index in [0.29, 0.717) is 6.54 Å². The van der Waals surface area contributed by atoms with Gasteiger partial charge in [0.05, 0.1) is 12.1 Å². The average Bonchev–Trinajstić information content (AvgIpc) is 2.53. The van der Waals surface area contributed by atoms with Gasteiger partial charge in [-0.1, -0.05) is 48.0 Å². The first-order chi connectivity index (χ1) is 10.3. The van der Waals surface area contributed by atoms with Crippen molar-refractivity contribution in [2.75, 3.05) is 13.7 Å². The van der Waals surface area contributed by atoms with Crippen molar-refractivity contribution in [3.05, 3.63) is 64.2 Å². The molecule has 0 saturated carbocycles. The third-order valence-corrected chi connectivity index (χ3v) is 4.13. The van der Waals surface area contributed by atoms with E-state index in [4.69, 9.17) is 22.1 Å². The first kappa shape index (κ1) is 15.9. The van der Waals surface area contributed by atoms with Crippen LogP contribution in [0.3, 0.4) is 0 Å². The molecular formula is C18H22ClNO. The summed E-state index contributed by atoms with van der Waals surface area (Å²) in [7, 11) is 1.69. The molecule has 0 aliphatic carbocycles. The van der Waals surface area contributed by atoms with Crippen LogP contribution < -0.4 is 10.5 Å². The summed E-state index contributed by atoms with van der Waals surface area (Å²) in [6.45, 7) is 0.682. The molecule has 0 heterocycles. The molecular weight excluding hydrogens is 282 g/mol. The summed E-state index contributed by atoms with van der Waals surface area (Å²) in [5, 5.41) is 0.832. The number of hydrogen-bond acceptors (Lipinski definition) is 2. The smallest absolute Gasteiger partial charge is 0.123 e. The molecule has 112 valence electrons. The lowest BCUT2D eigenvalue weighted by Gasteiger charge is -2.14. The zero-order valence-corrected chi connectivity index (χ0v) is 13.2. The van der Waals surface area contributed by atoms with Crippen LogP contribution in [-0.2, 0) is 19.3 Å². The number of rotatable bonds is 7. The van der Waals surface area contributed by atoms with Gasteiger partial charge in [0.2, 0.25) is 0 Å². The van der Waals surface area contributed by atoms with E-state index in [-0.39, 0.29) is 0 Å². The molecule has 2 nitrogen and oxygen atoms in total. The molecule has 0 aliphatic heterocycles. The Morgan fingerprint density at radius 2 is 1.76 bits per heavy atom. The van der Waals surface area contributed by atoms with Gasteiger partial charge in [-0.05, 0) is 49.4 Å². The average molecular weight is 304 g/mol. The van der Waals surface area contributed by atoms with Gasteiger partial charge in [0.1, 0.15) is 5.75 Å². The van der Waals surface area contributed by atoms with Gasteiger partial charge in [-0.2, -0.15) is 0 Å². The van der Waals surface area contributed by atoms with Crippen molar-refractivity contribution in [3.63, 3.8) is 0 Å². The molecule has 0 saturated heterocycles. The number of ether oxygens (including phenoxy) is 1. The van der Waals surface area contributed by atoms with E-state index in [1.165, 1.54) is 5.56 Å². The minimum Gasteiger partial charge on any atom is -0.496 e. The van der Waals surface area contributed by atoms with Gasteiger partial charge in [-0.25, -0.2) is 0 Å². The normalized spacial score (nSPS) is 10.6. The topological polar surface area (TPSA) is 35.2 Å². The Bertz CT molecular complexity index is 569. The van der Waals surface area contributed by atoms with Crippen LogP contribution in [0.2, 0.25) is 5.02 Å². The highest BCUT2D eigenvalue weighted by Crippen LogP contribution is 2.31. The molecule has 0 spiro atoms. The maximum absolute atomic E-state index is 6.57. The highest BCUT2D eigenvalue weighted by atomic mass is 35.5. The number of halogens is 1. The van der Waals surface area contributed by atoms with Gasteiger partial charge in [-0.3, -0.25) is 0 Å². The van der Waals surface area contributed by atoms with Crippen molar-refractivity contribution < 1.29 is 4.74 Å². The summed E-state index contributed by atoms with van der Waals surface area (Å²) in [4.78, 5) is 0. The van der Waals surface area contributed by atoms with Crippen LogP contribution >= 0.6 is 11.6 Å². The lowest BCUT2D eigenvalue weighted by atomic mass is 9.99. The maximum atomic E-state index is 6.57. The SMILES string of the molecule is COc1ccc(CCCN)c(Cl)c1CCc1ccccc1. The van der Waals surface area contributed by atoms with E-state index in [2.05, 4.69) is 24.3 Å². The summed E-state index contributed by atoms with van der Waals surface area (Å²) < 4.78 is 5.46. The molecule has 0 aromatic heterocycles. The lowest BCUT2D eigenvalue weighted by Crippen LogP contribution is -2.03. The fraction of sp³-hybridized carbons (Fsp3) is 0.333. The zero-order chi connectivity index (χ0) is 15.1. The summed E-state index contributed by atoms with van der Waals surface area (Å²) in [6.07, 6.45) is 3.70. The van der Waals surface area contributed by atoms with Gasteiger partial charge in [0, 0.05) is 5.56 Å². The minimum absolute atomic E-state index is 0.682. The second-order valence-corrected chi connectivity index (χ2v) is 5.48. The van der Waals surface area contributed by atoms with Gasteiger partial charge >= 0.3 is 0 Å². The van der Waals surface area contributed by atoms with Gasteiger partial charge in [0.25, 0.3) is 0 Å². The van der Waals surface area contributed by atoms with Gasteiger partial charge < -0.3 is 10.5 Å². The van der Waals surface area contributed by atoms with E-state index in [0.717, 1.165) is 47.6 Å². The van der Waals surface area contributed by atoms with E-state index < -0.39 is 0 Å². The highest BCUT2D eigenvalue weighted by molar-refractivity contribution is 6.32. The predicted octanol–water partition coefficient (Wildman–Crippen LogP) is 4.03. The Balaban J connectivity index is 2.19. The van der Waals surface area contributed by atoms with Crippen LogP contribution in [0.25, 0.3) is 0 Å². The van der Waals surface area contributed by atoms with Crippen molar-refractivity contribution in [1.82, 2.24) is 0 Å². The Hall–Kier alpha value is -1.51. The quantitative estimate of drug-likeness (QED) is 0.838. The van der Waals surface area contributed by atoms with Crippen molar-refractivity contribution in [3.8, 4) is 5.75 Å². The lowest BCUT2D eigenvalue weighted by molar-refractivity contribution is 0.409. The molecule has 2 aromatic rings. The van der Waals surface area contributed by atoms with Crippen LogP contribution in [0, 0.1) is 0 Å². The molecule has 0 atom stereocenters. The van der Waals surface area contributed by atoms with Crippen LogP contribution in [0.1, 0.15) is 23.1 Å². The van der Waals surface area contributed by atoms with E-state index >= 15 is 0 Å². The first-order valence-electron chi connectivity index (χ1n) is 7.34. The molecule has 21 heavy (non-hydrogen) atoms. The number of hydrogen-bond donors (Lipinski definition) is 1. The summed E-state index contributed by atoms with van der Waals surface area (Å²) in [5.41, 5.74) is 9.15. The summed E-state index contributed by atoms with van der Waals surface area (Å²) >= 11 is 6.57. The van der Waals surface area contributed by atoms with Crippen molar-refractivity contribution in [1.29, 1.82) is 0 Å². The molecule has 2 aromatic carbocycles. The fourth-order valence-electron chi connectivity index (χ4n) is 2.48. The minimum atomic E-state index is 0.682. The number of benzene rings is 2. The second-order valence-electron chi connectivity index (χ2n) is 5.10. The van der Waals surface area contributed by atoms with Crippen LogP contribution in [0.15, 0.2) is 42.5 Å². The third kappa shape index (κ3) is 4.23. The highest BCUT2D eigenvalue weighted by Gasteiger charge is 2.12. The Labute approximate surface area is 131 Å². The third-order valence-electron chi connectivity index (χ3n) is 3.66. The van der Waals surface area contributed by atoms with Crippen molar-refractivity contribution in [2.24, 2.45) is 5.73 Å². The Morgan fingerprint density at radius 3 is 2.43 bits per heavy atom. The fourth-order valence-corrected chi connectivity index (χ4v) is 2.82. The van der Waals surface area contributed by atoms with Gasteiger partial charge in [0.15, 0.2) is 0 Å². The Morgan fingerprint density at radius 1 is 1.00 bits per heavy atom. The zero-order valence-electron chi connectivity index (χ0n) is 12.4. The number of methoxy groups -OCH3 is 1. The van der Waals surface area contributed by atoms with Gasteiger partial charge in [-0.15, -0.1) is 0 Å². The van der Waals surface area contributed by atoms with E-state index in [9.17, 15) is 0 Å². The molecule has 3 heteroatoms. The molecule has 0 aliphatic rings. The standard InChI is InChI=1S/C18H22ClNO/c1-21-17-12-10-15(8-5-13-20)18(19)16(17)11-9-14-6-3-2-4-7-14/h2-4,6-7,10,12H,5,8-9,11,13,20H2,1H3. The van der Waals surface area contributed by atoms with E-state index in [1.807, 2.05) is 18.2 Å². The first-order valence-corrected chi connectivity index (χ1v) is 7.72. The molecule has 0 bridgehead atoms. The molecule has 0 unspecified atom stereocenters. The van der Waals surface area contributed by atoms with Crippen LogP contribution in [-0.4, -0.2) is 13.7 Å². The summed E-state index contributed by atoms with van der Waals surface area (Å²) in [6, 6.07) is 14.5. The van der Waals surface area contributed by atoms with Crippen LogP contribution in [0.5, 0.6) is 5.75 Å². The molecule has 2 N–H and O–H groups in total. The number of aryl methyl sites for hydroxylation is 2. The maximum Gasteiger partial charge on any atom is 0.123 e. The summed E-state index contributed by atoms with van der Waals surface area (Å²) in [5.74, 6) is 0.868. The molecule has 0 radical (unpaired) electrons. The number of nitrogens with two attached hydrogens (primary N) is 1. The van der Waals surface area contributed by atoms with Crippen LogP contribution in [0.4, 0.5) is 0 Å². The predicted molar refractivity (Wildman–Crippen MR) is 89.2 cm³/mol. The largest absolute Gasteiger partial charge is 0.496 e. The molecule has 0 fully saturated rings. The monoisotopic (exact) mass is 303 g/mol. The van der Waals surface area contributed by atoms with E-state index in [1.54, 1.807) is 7.11 Å². The van der Waals surface area contributed by atoms with Crippen molar-refractivity contribution >= 4 is 11.6 Å². The van der Waals surface area contributed by atoms with Crippen molar-refractivity contribution in [2.45, 2.75) is 25.7 Å².